The van der Waals surface area contributed by atoms with Gasteiger partial charge in [0.15, 0.2) is 6.29 Å². The van der Waals surface area contributed by atoms with Crippen LogP contribution in [0, 0.1) is 0 Å². The van der Waals surface area contributed by atoms with E-state index in [0.29, 0.717) is 12.8 Å². The van der Waals surface area contributed by atoms with E-state index in [-0.39, 0.29) is 12.5 Å². The zero-order valence-electron chi connectivity index (χ0n) is 41.8. The third-order valence-electron chi connectivity index (χ3n) is 13.3. The first kappa shape index (κ1) is 60.7. The van der Waals surface area contributed by atoms with Crippen LogP contribution in [0.3, 0.4) is 0 Å². The number of nitrogens with one attached hydrogen (secondary N) is 1. The molecule has 9 nitrogen and oxygen atoms in total. The van der Waals surface area contributed by atoms with Gasteiger partial charge in [-0.05, 0) is 38.5 Å². The summed E-state index contributed by atoms with van der Waals surface area (Å²) in [6.07, 6.45) is 49.1. The summed E-state index contributed by atoms with van der Waals surface area (Å²) < 4.78 is 11.3. The van der Waals surface area contributed by atoms with Crippen LogP contribution in [-0.2, 0) is 14.3 Å². The third-order valence-corrected chi connectivity index (χ3v) is 13.3. The Bertz CT molecular complexity index is 1060. The van der Waals surface area contributed by atoms with Crippen LogP contribution >= 0.6 is 0 Å². The van der Waals surface area contributed by atoms with Gasteiger partial charge in [0.25, 0.3) is 0 Å². The number of aliphatic hydroxyl groups excluding tert-OH is 5. The van der Waals surface area contributed by atoms with Crippen molar-refractivity contribution in [3.8, 4) is 0 Å². The van der Waals surface area contributed by atoms with Gasteiger partial charge in [0.05, 0.1) is 25.4 Å². The van der Waals surface area contributed by atoms with Crippen molar-refractivity contribution in [3.63, 3.8) is 0 Å². The summed E-state index contributed by atoms with van der Waals surface area (Å²) in [6, 6.07) is -0.717. The lowest BCUT2D eigenvalue weighted by molar-refractivity contribution is -0.302. The van der Waals surface area contributed by atoms with Gasteiger partial charge < -0.3 is 40.3 Å². The van der Waals surface area contributed by atoms with Crippen molar-refractivity contribution in [2.24, 2.45) is 0 Å². The molecule has 7 unspecified atom stereocenters. The van der Waals surface area contributed by atoms with Crippen LogP contribution in [0.5, 0.6) is 0 Å². The number of hydrogen-bond donors (Lipinski definition) is 6. The van der Waals surface area contributed by atoms with Gasteiger partial charge in [-0.15, -0.1) is 0 Å². The van der Waals surface area contributed by atoms with Gasteiger partial charge in [-0.25, -0.2) is 0 Å². The summed E-state index contributed by atoms with van der Waals surface area (Å²) in [7, 11) is 0. The van der Waals surface area contributed by atoms with Gasteiger partial charge in [-0.3, -0.25) is 4.79 Å². The Morgan fingerprint density at radius 2 is 0.969 bits per heavy atom. The molecule has 0 bridgehead atoms. The highest BCUT2D eigenvalue weighted by atomic mass is 16.7. The fourth-order valence-electron chi connectivity index (χ4n) is 8.97. The molecule has 0 radical (unpaired) electrons. The molecule has 0 saturated carbocycles. The van der Waals surface area contributed by atoms with Crippen molar-refractivity contribution in [2.75, 3.05) is 13.2 Å². The van der Waals surface area contributed by atoms with E-state index in [9.17, 15) is 30.3 Å². The van der Waals surface area contributed by atoms with Gasteiger partial charge >= 0.3 is 0 Å². The number of carbonyl (C=O) groups excluding carboxylic acids is 1. The summed E-state index contributed by atoms with van der Waals surface area (Å²) >= 11 is 0. The molecule has 9 heteroatoms. The minimum absolute atomic E-state index is 0.135. The number of rotatable bonds is 47. The van der Waals surface area contributed by atoms with Crippen molar-refractivity contribution in [1.82, 2.24) is 5.32 Å². The van der Waals surface area contributed by atoms with Crippen molar-refractivity contribution in [2.45, 2.75) is 307 Å². The lowest BCUT2D eigenvalue weighted by Crippen LogP contribution is -2.60. The predicted molar refractivity (Wildman–Crippen MR) is 267 cm³/mol. The van der Waals surface area contributed by atoms with Crippen LogP contribution in [0.1, 0.15) is 264 Å². The molecule has 378 valence electrons. The number of hydrogen-bond acceptors (Lipinski definition) is 8. The highest BCUT2D eigenvalue weighted by molar-refractivity contribution is 5.76. The van der Waals surface area contributed by atoms with Gasteiger partial charge in [0, 0.05) is 6.42 Å². The second kappa shape index (κ2) is 45.5. The molecule has 0 aliphatic carbocycles. The largest absolute Gasteiger partial charge is 0.394 e. The Morgan fingerprint density at radius 1 is 0.547 bits per heavy atom. The first-order chi connectivity index (χ1) is 31.3. The van der Waals surface area contributed by atoms with Crippen LogP contribution in [0.4, 0.5) is 0 Å². The Morgan fingerprint density at radius 3 is 1.42 bits per heavy atom. The zero-order valence-corrected chi connectivity index (χ0v) is 41.8. The molecule has 0 aromatic carbocycles. The van der Waals surface area contributed by atoms with Crippen LogP contribution in [0.15, 0.2) is 24.3 Å². The first-order valence-corrected chi connectivity index (χ1v) is 27.5. The molecule has 1 heterocycles. The number of carbonyl (C=O) groups is 1. The normalized spacial score (nSPS) is 20.1. The maximum absolute atomic E-state index is 13.1. The van der Waals surface area contributed by atoms with E-state index < -0.39 is 49.5 Å². The molecule has 1 saturated heterocycles. The van der Waals surface area contributed by atoms with E-state index in [1.165, 1.54) is 186 Å². The van der Waals surface area contributed by atoms with E-state index in [1.54, 1.807) is 0 Å². The molecular weight excluding hydrogens is 803 g/mol. The Labute approximate surface area is 394 Å². The lowest BCUT2D eigenvalue weighted by atomic mass is 9.99. The Hall–Kier alpha value is -1.33. The molecular formula is C55H105NO8. The molecule has 1 fully saturated rings. The van der Waals surface area contributed by atoms with Crippen LogP contribution in [-0.4, -0.2) is 87.5 Å². The van der Waals surface area contributed by atoms with Gasteiger partial charge in [-0.1, -0.05) is 244 Å². The Balaban J connectivity index is 2.22. The number of allylic oxidation sites excluding steroid dienone is 4. The molecule has 6 N–H and O–H groups in total. The zero-order chi connectivity index (χ0) is 46.6. The summed E-state index contributed by atoms with van der Waals surface area (Å²) in [5.74, 6) is -0.141. The van der Waals surface area contributed by atoms with E-state index in [0.717, 1.165) is 51.4 Å². The van der Waals surface area contributed by atoms with Gasteiger partial charge in [-0.2, -0.15) is 0 Å². The van der Waals surface area contributed by atoms with Gasteiger partial charge in [0.2, 0.25) is 5.91 Å². The van der Waals surface area contributed by atoms with Crippen molar-refractivity contribution in [1.29, 1.82) is 0 Å². The molecule has 1 aliphatic heterocycles. The molecule has 1 amide bonds. The van der Waals surface area contributed by atoms with Crippen LogP contribution in [0.2, 0.25) is 0 Å². The second-order valence-corrected chi connectivity index (χ2v) is 19.4. The number of aliphatic hydroxyl groups is 5. The molecule has 0 spiro atoms. The molecule has 1 aliphatic rings. The van der Waals surface area contributed by atoms with E-state index in [4.69, 9.17) is 9.47 Å². The minimum Gasteiger partial charge on any atom is -0.394 e. The van der Waals surface area contributed by atoms with Crippen molar-refractivity contribution >= 4 is 5.91 Å². The number of amides is 1. The summed E-state index contributed by atoms with van der Waals surface area (Å²) in [5, 5.41) is 54.6. The quantitative estimate of drug-likeness (QED) is 0.0261. The van der Waals surface area contributed by atoms with Gasteiger partial charge in [0.1, 0.15) is 24.4 Å². The highest BCUT2D eigenvalue weighted by Gasteiger charge is 2.44. The maximum Gasteiger partial charge on any atom is 0.220 e. The fourth-order valence-corrected chi connectivity index (χ4v) is 8.97. The molecule has 0 aromatic heterocycles. The fraction of sp³-hybridized carbons (Fsp3) is 0.909. The van der Waals surface area contributed by atoms with Crippen LogP contribution in [0.25, 0.3) is 0 Å². The average Bonchev–Trinajstić information content (AvgIpc) is 3.29. The van der Waals surface area contributed by atoms with Crippen molar-refractivity contribution < 1.29 is 39.8 Å². The Kier molecular flexibility index (Phi) is 43.1. The van der Waals surface area contributed by atoms with Crippen molar-refractivity contribution in [3.05, 3.63) is 24.3 Å². The number of ether oxygens (including phenoxy) is 2. The third kappa shape index (κ3) is 34.9. The number of unbranched alkanes of at least 4 members (excludes halogenated alkanes) is 33. The SMILES string of the molecule is CC/C=C\C/C=C\CCCCCCCCCCCCCCCCC(=O)NC(COC1OC(CO)C(O)C(O)C1O)C(O)CCCCCCCCCCCCCCCCCCCCCC. The summed E-state index contributed by atoms with van der Waals surface area (Å²) in [6.45, 7) is 3.77. The molecule has 1 rings (SSSR count). The topological polar surface area (TPSA) is 149 Å². The standard InChI is InChI=1S/C55H105NO8/c1-3-5-7-9-11-13-15-17-19-21-23-25-27-29-31-33-35-37-39-41-43-45-51(59)56-48(47-63-55-54(62)53(61)52(60)50(46-57)64-55)49(58)44-42-40-38-36-34-32-30-28-26-24-22-20-18-16-14-12-10-8-6-4-2/h5,7,11,13,48-50,52-55,57-58,60-62H,3-4,6,8-10,12,14-47H2,1-2H3,(H,56,59)/b7-5-,13-11-. The second-order valence-electron chi connectivity index (χ2n) is 19.4. The van der Waals surface area contributed by atoms with E-state index in [1.807, 2.05) is 0 Å². The predicted octanol–water partition coefficient (Wildman–Crippen LogP) is 13.0. The minimum atomic E-state index is -1.55. The molecule has 7 atom stereocenters. The monoisotopic (exact) mass is 908 g/mol. The average molecular weight is 908 g/mol. The smallest absolute Gasteiger partial charge is 0.220 e. The molecule has 0 aromatic rings. The molecule has 64 heavy (non-hydrogen) atoms. The van der Waals surface area contributed by atoms with Crippen LogP contribution < -0.4 is 5.32 Å². The summed E-state index contributed by atoms with van der Waals surface area (Å²) in [4.78, 5) is 13.1. The summed E-state index contributed by atoms with van der Waals surface area (Å²) in [5.41, 5.74) is 0. The lowest BCUT2D eigenvalue weighted by Gasteiger charge is -2.40. The first-order valence-electron chi connectivity index (χ1n) is 27.5. The van der Waals surface area contributed by atoms with E-state index in [2.05, 4.69) is 43.5 Å². The highest BCUT2D eigenvalue weighted by Crippen LogP contribution is 2.23. The van der Waals surface area contributed by atoms with E-state index >= 15 is 0 Å². The maximum atomic E-state index is 13.1.